The Hall–Kier alpha value is -1.49. The van der Waals surface area contributed by atoms with Crippen LogP contribution >= 0.6 is 0 Å². The maximum Gasteiger partial charge on any atom is 0.223 e. The van der Waals surface area contributed by atoms with Crippen molar-refractivity contribution >= 4 is 5.91 Å². The molecule has 0 spiro atoms. The lowest BCUT2D eigenvalue weighted by Gasteiger charge is -2.40. The largest absolute Gasteiger partial charge is 0.356 e. The number of amides is 1. The van der Waals surface area contributed by atoms with Crippen molar-refractivity contribution in [1.82, 2.24) is 10.2 Å². The fraction of sp³-hybridized carbons (Fsp3) is 0.632. The minimum Gasteiger partial charge on any atom is -0.356 e. The summed E-state index contributed by atoms with van der Waals surface area (Å²) in [5, 5.41) is 2.72. The molecular formula is C19H26F2N2O. The van der Waals surface area contributed by atoms with Gasteiger partial charge in [0.15, 0.2) is 0 Å². The molecule has 1 atom stereocenters. The van der Waals surface area contributed by atoms with Crippen molar-refractivity contribution in [2.24, 2.45) is 5.92 Å². The Bertz CT molecular complexity index is 613. The van der Waals surface area contributed by atoms with Crippen LogP contribution in [-0.4, -0.2) is 29.9 Å². The first-order valence-electron chi connectivity index (χ1n) is 8.92. The second kappa shape index (κ2) is 6.79. The molecule has 3 nitrogen and oxygen atoms in total. The molecule has 1 N–H and O–H groups in total. The van der Waals surface area contributed by atoms with Crippen LogP contribution in [0.3, 0.4) is 0 Å². The third-order valence-electron chi connectivity index (χ3n) is 5.50. The van der Waals surface area contributed by atoms with Crippen LogP contribution in [0.4, 0.5) is 8.78 Å². The number of nitrogens with zero attached hydrogens (tertiary/aromatic N) is 1. The molecule has 0 unspecified atom stereocenters. The summed E-state index contributed by atoms with van der Waals surface area (Å²) in [5.41, 5.74) is -0.592. The number of hydrogen-bond acceptors (Lipinski definition) is 2. The van der Waals surface area contributed by atoms with Crippen LogP contribution in [-0.2, 0) is 17.0 Å². The molecule has 1 aliphatic heterocycles. The highest BCUT2D eigenvalue weighted by molar-refractivity contribution is 5.80. The van der Waals surface area contributed by atoms with E-state index in [1.807, 2.05) is 6.92 Å². The van der Waals surface area contributed by atoms with Gasteiger partial charge in [-0.15, -0.1) is 0 Å². The molecule has 2 aliphatic rings. The predicted molar refractivity (Wildman–Crippen MR) is 89.7 cm³/mol. The molecule has 5 heteroatoms. The maximum absolute atomic E-state index is 14.9. The number of alkyl halides is 1. The second-order valence-corrected chi connectivity index (χ2v) is 7.23. The zero-order chi connectivity index (χ0) is 17.3. The van der Waals surface area contributed by atoms with Crippen molar-refractivity contribution < 1.29 is 13.6 Å². The molecule has 1 aliphatic carbocycles. The van der Waals surface area contributed by atoms with Crippen molar-refractivity contribution in [2.45, 2.75) is 57.8 Å². The number of hydrogen-bond donors (Lipinski definition) is 1. The van der Waals surface area contributed by atoms with Crippen LogP contribution in [0.25, 0.3) is 0 Å². The first-order valence-corrected chi connectivity index (χ1v) is 8.92. The Labute approximate surface area is 142 Å². The quantitative estimate of drug-likeness (QED) is 0.892. The van der Waals surface area contributed by atoms with E-state index < -0.39 is 5.67 Å². The first kappa shape index (κ1) is 17.3. The molecule has 1 aromatic rings. The summed E-state index contributed by atoms with van der Waals surface area (Å²) < 4.78 is 29.3. The predicted octanol–water partition coefficient (Wildman–Crippen LogP) is 3.52. The third kappa shape index (κ3) is 3.32. The van der Waals surface area contributed by atoms with Crippen LogP contribution in [0, 0.1) is 11.7 Å². The lowest BCUT2D eigenvalue weighted by molar-refractivity contribution is -0.134. The normalized spacial score (nSPS) is 30.2. The summed E-state index contributed by atoms with van der Waals surface area (Å²) >= 11 is 0. The van der Waals surface area contributed by atoms with Gasteiger partial charge < -0.3 is 5.32 Å². The van der Waals surface area contributed by atoms with Crippen molar-refractivity contribution in [3.05, 3.63) is 35.1 Å². The molecule has 0 aromatic heterocycles. The Kier molecular flexibility index (Phi) is 4.90. The SMILES string of the molecule is CCNC(=O)[C@H]1C[C@@](F)(c2ccc(CN3CCC[C@@H]3C)c(F)c2)C1. The summed E-state index contributed by atoms with van der Waals surface area (Å²) in [6.07, 6.45) is 2.58. The summed E-state index contributed by atoms with van der Waals surface area (Å²) in [5.74, 6) is -0.751. The topological polar surface area (TPSA) is 32.3 Å². The smallest absolute Gasteiger partial charge is 0.223 e. The first-order chi connectivity index (χ1) is 11.4. The van der Waals surface area contributed by atoms with Gasteiger partial charge in [-0.2, -0.15) is 0 Å². The van der Waals surface area contributed by atoms with E-state index in [-0.39, 0.29) is 30.5 Å². The Morgan fingerprint density at radius 1 is 1.42 bits per heavy atom. The van der Waals surface area contributed by atoms with Crippen molar-refractivity contribution in [2.75, 3.05) is 13.1 Å². The van der Waals surface area contributed by atoms with Gasteiger partial charge in [0, 0.05) is 30.6 Å². The number of carbonyl (C=O) groups is 1. The van der Waals surface area contributed by atoms with E-state index in [1.54, 1.807) is 12.1 Å². The molecule has 3 rings (SSSR count). The van der Waals surface area contributed by atoms with E-state index in [4.69, 9.17) is 0 Å². The van der Waals surface area contributed by atoms with Gasteiger partial charge in [0.05, 0.1) is 0 Å². The number of nitrogens with one attached hydrogen (secondary N) is 1. The molecule has 0 bridgehead atoms. The minimum absolute atomic E-state index is 0.106. The van der Waals surface area contributed by atoms with E-state index in [0.29, 0.717) is 30.3 Å². The number of rotatable bonds is 5. The standard InChI is InChI=1S/C19H26F2N2O/c1-3-22-18(24)15-10-19(21,11-15)16-7-6-14(17(20)9-16)12-23-8-4-5-13(23)2/h6-7,9,13,15H,3-5,8,10-12H2,1-2H3,(H,22,24)/t13-,15-,19-/m0/s1. The van der Waals surface area contributed by atoms with Gasteiger partial charge in [0.2, 0.25) is 5.91 Å². The highest BCUT2D eigenvalue weighted by atomic mass is 19.1. The number of halogens is 2. The number of carbonyl (C=O) groups excluding carboxylic acids is 1. The molecule has 1 heterocycles. The average molecular weight is 336 g/mol. The van der Waals surface area contributed by atoms with Gasteiger partial charge in [0.1, 0.15) is 11.5 Å². The summed E-state index contributed by atoms with van der Waals surface area (Å²) in [4.78, 5) is 14.0. The van der Waals surface area contributed by atoms with Crippen molar-refractivity contribution in [1.29, 1.82) is 0 Å². The molecule has 1 amide bonds. The lowest BCUT2D eigenvalue weighted by Crippen LogP contribution is -2.45. The Morgan fingerprint density at radius 3 is 2.75 bits per heavy atom. The summed E-state index contributed by atoms with van der Waals surface area (Å²) in [6.45, 7) is 6.12. The molecule has 1 saturated heterocycles. The summed E-state index contributed by atoms with van der Waals surface area (Å²) in [7, 11) is 0. The van der Waals surface area contributed by atoms with Gasteiger partial charge in [0.25, 0.3) is 0 Å². The minimum atomic E-state index is -1.57. The van der Waals surface area contributed by atoms with Gasteiger partial charge in [-0.05, 0) is 57.7 Å². The van der Waals surface area contributed by atoms with E-state index in [2.05, 4.69) is 17.1 Å². The van der Waals surface area contributed by atoms with Crippen LogP contribution in [0.2, 0.25) is 0 Å². The molecule has 24 heavy (non-hydrogen) atoms. The van der Waals surface area contributed by atoms with Crippen LogP contribution in [0.5, 0.6) is 0 Å². The zero-order valence-electron chi connectivity index (χ0n) is 14.4. The van der Waals surface area contributed by atoms with Gasteiger partial charge >= 0.3 is 0 Å². The third-order valence-corrected chi connectivity index (χ3v) is 5.50. The van der Waals surface area contributed by atoms with Crippen molar-refractivity contribution in [3.63, 3.8) is 0 Å². The fourth-order valence-corrected chi connectivity index (χ4v) is 3.86. The second-order valence-electron chi connectivity index (χ2n) is 7.23. The molecule has 1 aromatic carbocycles. The monoisotopic (exact) mass is 336 g/mol. The van der Waals surface area contributed by atoms with E-state index in [9.17, 15) is 13.6 Å². The highest BCUT2D eigenvalue weighted by Crippen LogP contribution is 2.49. The van der Waals surface area contributed by atoms with E-state index in [0.717, 1.165) is 19.4 Å². The Morgan fingerprint density at radius 2 is 2.17 bits per heavy atom. The molecular weight excluding hydrogens is 310 g/mol. The number of likely N-dealkylation sites (tertiary alicyclic amines) is 1. The van der Waals surface area contributed by atoms with Gasteiger partial charge in [-0.1, -0.05) is 12.1 Å². The molecule has 132 valence electrons. The Balaban J connectivity index is 1.66. The van der Waals surface area contributed by atoms with Crippen LogP contribution in [0.1, 0.15) is 50.7 Å². The van der Waals surface area contributed by atoms with E-state index >= 15 is 0 Å². The molecule has 2 fully saturated rings. The lowest BCUT2D eigenvalue weighted by atomic mass is 9.68. The molecule has 1 saturated carbocycles. The van der Waals surface area contributed by atoms with Gasteiger partial charge in [-0.3, -0.25) is 9.69 Å². The van der Waals surface area contributed by atoms with Crippen LogP contribution in [0.15, 0.2) is 18.2 Å². The number of benzene rings is 1. The molecule has 0 radical (unpaired) electrons. The highest BCUT2D eigenvalue weighted by Gasteiger charge is 2.49. The fourth-order valence-electron chi connectivity index (χ4n) is 3.86. The van der Waals surface area contributed by atoms with Crippen LogP contribution < -0.4 is 5.32 Å². The van der Waals surface area contributed by atoms with E-state index in [1.165, 1.54) is 6.07 Å². The van der Waals surface area contributed by atoms with Crippen molar-refractivity contribution in [3.8, 4) is 0 Å². The summed E-state index contributed by atoms with van der Waals surface area (Å²) in [6, 6.07) is 5.19. The maximum atomic E-state index is 14.9. The average Bonchev–Trinajstić information content (AvgIpc) is 2.91. The zero-order valence-corrected chi connectivity index (χ0v) is 14.4. The van der Waals surface area contributed by atoms with Gasteiger partial charge in [-0.25, -0.2) is 8.78 Å².